The van der Waals surface area contributed by atoms with Crippen molar-refractivity contribution in [3.8, 4) is 0 Å². The molecule has 6 heteroatoms. The Kier molecular flexibility index (Phi) is 4.98. The Morgan fingerprint density at radius 2 is 1.70 bits per heavy atom. The lowest BCUT2D eigenvalue weighted by Gasteiger charge is -2.28. The van der Waals surface area contributed by atoms with E-state index in [9.17, 15) is 0 Å². The summed E-state index contributed by atoms with van der Waals surface area (Å²) in [5, 5.41) is 3.20. The van der Waals surface area contributed by atoms with Gasteiger partial charge in [0.2, 0.25) is 17.8 Å². The number of hydrogen-bond acceptors (Lipinski definition) is 6. The monoisotopic (exact) mass is 278 g/mol. The molecular weight excluding hydrogens is 252 g/mol. The number of hydrogen-bond donors (Lipinski definition) is 1. The highest BCUT2D eigenvalue weighted by Gasteiger charge is 2.24. The number of anilines is 3. The molecule has 0 spiro atoms. The molecular formula is C14H26N6. The van der Waals surface area contributed by atoms with Crippen LogP contribution in [0, 0.1) is 0 Å². The molecule has 0 aromatic carbocycles. The maximum absolute atomic E-state index is 4.62. The SMILES string of the molecule is CCNc1nc(N(C)C)nc(N(CC)C2CCCC2)n1. The molecule has 0 bridgehead atoms. The van der Waals surface area contributed by atoms with Gasteiger partial charge in [0, 0.05) is 33.2 Å². The minimum absolute atomic E-state index is 0.576. The van der Waals surface area contributed by atoms with E-state index in [0.29, 0.717) is 17.9 Å². The first kappa shape index (κ1) is 14.8. The third kappa shape index (κ3) is 3.29. The van der Waals surface area contributed by atoms with Gasteiger partial charge in [-0.2, -0.15) is 15.0 Å². The lowest BCUT2D eigenvalue weighted by Crippen LogP contribution is -2.35. The van der Waals surface area contributed by atoms with Gasteiger partial charge in [-0.1, -0.05) is 12.8 Å². The van der Waals surface area contributed by atoms with Crippen molar-refractivity contribution >= 4 is 17.8 Å². The van der Waals surface area contributed by atoms with E-state index in [-0.39, 0.29) is 0 Å². The average Bonchev–Trinajstić information content (AvgIpc) is 2.93. The van der Waals surface area contributed by atoms with Crippen molar-refractivity contribution < 1.29 is 0 Å². The zero-order valence-corrected chi connectivity index (χ0v) is 13.1. The summed E-state index contributed by atoms with van der Waals surface area (Å²) in [6.45, 7) is 5.97. The Bertz CT molecular complexity index is 428. The highest BCUT2D eigenvalue weighted by atomic mass is 15.4. The second kappa shape index (κ2) is 6.72. The van der Waals surface area contributed by atoms with Crippen molar-refractivity contribution in [2.45, 2.75) is 45.6 Å². The number of rotatable bonds is 6. The summed E-state index contributed by atoms with van der Waals surface area (Å²) < 4.78 is 0. The molecule has 0 aliphatic heterocycles. The molecule has 1 fully saturated rings. The molecule has 1 aromatic rings. The van der Waals surface area contributed by atoms with Gasteiger partial charge in [0.05, 0.1) is 0 Å². The van der Waals surface area contributed by atoms with Crippen LogP contribution in [-0.2, 0) is 0 Å². The van der Waals surface area contributed by atoms with E-state index in [2.05, 4.69) is 32.1 Å². The Balaban J connectivity index is 2.31. The van der Waals surface area contributed by atoms with Gasteiger partial charge in [-0.15, -0.1) is 0 Å². The Morgan fingerprint density at radius 1 is 1.05 bits per heavy atom. The standard InChI is InChI=1S/C14H26N6/c1-5-15-12-16-13(19(3)4)18-14(17-12)20(6-2)11-9-7-8-10-11/h11H,5-10H2,1-4H3,(H,15,16,17,18). The van der Waals surface area contributed by atoms with Crippen LogP contribution >= 0.6 is 0 Å². The molecule has 1 aromatic heterocycles. The number of aromatic nitrogens is 3. The molecule has 0 saturated heterocycles. The van der Waals surface area contributed by atoms with Crippen LogP contribution in [0.2, 0.25) is 0 Å². The van der Waals surface area contributed by atoms with Gasteiger partial charge in [0.25, 0.3) is 0 Å². The molecule has 1 heterocycles. The van der Waals surface area contributed by atoms with Crippen molar-refractivity contribution in [1.29, 1.82) is 0 Å². The molecule has 2 rings (SSSR count). The summed E-state index contributed by atoms with van der Waals surface area (Å²) in [5.41, 5.74) is 0. The van der Waals surface area contributed by atoms with Crippen LogP contribution in [0.4, 0.5) is 17.8 Å². The van der Waals surface area contributed by atoms with Crippen molar-refractivity contribution in [2.75, 3.05) is 42.3 Å². The maximum Gasteiger partial charge on any atom is 0.232 e. The van der Waals surface area contributed by atoms with E-state index in [4.69, 9.17) is 0 Å². The normalized spacial score (nSPS) is 15.4. The molecule has 1 aliphatic carbocycles. The summed E-state index contributed by atoms with van der Waals surface area (Å²) in [6.07, 6.45) is 5.11. The summed E-state index contributed by atoms with van der Waals surface area (Å²) >= 11 is 0. The molecule has 1 N–H and O–H groups in total. The molecule has 112 valence electrons. The quantitative estimate of drug-likeness (QED) is 0.860. The lowest BCUT2D eigenvalue weighted by molar-refractivity contribution is 0.603. The fraction of sp³-hybridized carbons (Fsp3) is 0.786. The average molecular weight is 278 g/mol. The van der Waals surface area contributed by atoms with E-state index in [0.717, 1.165) is 19.0 Å². The second-order valence-corrected chi connectivity index (χ2v) is 5.41. The van der Waals surface area contributed by atoms with Gasteiger partial charge < -0.3 is 15.1 Å². The molecule has 1 aliphatic rings. The Hall–Kier alpha value is -1.59. The predicted molar refractivity (Wildman–Crippen MR) is 83.6 cm³/mol. The van der Waals surface area contributed by atoms with E-state index in [1.54, 1.807) is 0 Å². The van der Waals surface area contributed by atoms with Crippen molar-refractivity contribution in [1.82, 2.24) is 15.0 Å². The van der Waals surface area contributed by atoms with Gasteiger partial charge in [-0.3, -0.25) is 0 Å². The first-order chi connectivity index (χ1) is 9.65. The van der Waals surface area contributed by atoms with E-state index >= 15 is 0 Å². The maximum atomic E-state index is 4.62. The lowest BCUT2D eigenvalue weighted by atomic mass is 10.2. The first-order valence-electron chi connectivity index (χ1n) is 7.59. The summed E-state index contributed by atoms with van der Waals surface area (Å²) in [5.74, 6) is 2.18. The molecule has 6 nitrogen and oxygen atoms in total. The zero-order valence-electron chi connectivity index (χ0n) is 13.1. The van der Waals surface area contributed by atoms with Crippen molar-refractivity contribution in [3.05, 3.63) is 0 Å². The first-order valence-corrected chi connectivity index (χ1v) is 7.59. The van der Waals surface area contributed by atoms with Gasteiger partial charge in [-0.25, -0.2) is 0 Å². The van der Waals surface area contributed by atoms with E-state index in [1.165, 1.54) is 25.7 Å². The Morgan fingerprint density at radius 3 is 2.25 bits per heavy atom. The molecule has 0 radical (unpaired) electrons. The third-order valence-corrected chi connectivity index (χ3v) is 3.71. The minimum atomic E-state index is 0.576. The summed E-state index contributed by atoms with van der Waals surface area (Å²) in [6, 6.07) is 0.576. The van der Waals surface area contributed by atoms with Gasteiger partial charge in [0.15, 0.2) is 0 Å². The molecule has 0 amide bonds. The number of nitrogens with one attached hydrogen (secondary N) is 1. The topological polar surface area (TPSA) is 57.2 Å². The molecule has 20 heavy (non-hydrogen) atoms. The molecule has 1 saturated carbocycles. The highest BCUT2D eigenvalue weighted by Crippen LogP contribution is 2.27. The van der Waals surface area contributed by atoms with Gasteiger partial charge in [0.1, 0.15) is 0 Å². The minimum Gasteiger partial charge on any atom is -0.354 e. The largest absolute Gasteiger partial charge is 0.354 e. The fourth-order valence-electron chi connectivity index (χ4n) is 2.70. The van der Waals surface area contributed by atoms with Crippen LogP contribution in [0.25, 0.3) is 0 Å². The number of nitrogens with zero attached hydrogens (tertiary/aromatic N) is 5. The van der Waals surface area contributed by atoms with Crippen molar-refractivity contribution in [2.24, 2.45) is 0 Å². The van der Waals surface area contributed by atoms with E-state index in [1.807, 2.05) is 25.9 Å². The van der Waals surface area contributed by atoms with Crippen LogP contribution in [0.1, 0.15) is 39.5 Å². The fourth-order valence-corrected chi connectivity index (χ4v) is 2.70. The van der Waals surface area contributed by atoms with Crippen LogP contribution in [0.3, 0.4) is 0 Å². The summed E-state index contributed by atoms with van der Waals surface area (Å²) in [4.78, 5) is 17.9. The smallest absolute Gasteiger partial charge is 0.232 e. The highest BCUT2D eigenvalue weighted by molar-refractivity contribution is 5.45. The Labute approximate surface area is 121 Å². The van der Waals surface area contributed by atoms with Crippen LogP contribution in [0.15, 0.2) is 0 Å². The zero-order chi connectivity index (χ0) is 14.5. The summed E-state index contributed by atoms with van der Waals surface area (Å²) in [7, 11) is 3.92. The predicted octanol–water partition coefficient (Wildman–Crippen LogP) is 2.14. The second-order valence-electron chi connectivity index (χ2n) is 5.41. The van der Waals surface area contributed by atoms with Crippen LogP contribution in [0.5, 0.6) is 0 Å². The van der Waals surface area contributed by atoms with Crippen LogP contribution in [-0.4, -0.2) is 48.2 Å². The van der Waals surface area contributed by atoms with Crippen molar-refractivity contribution in [3.63, 3.8) is 0 Å². The molecule has 0 unspecified atom stereocenters. The van der Waals surface area contributed by atoms with Gasteiger partial charge in [-0.05, 0) is 26.7 Å². The van der Waals surface area contributed by atoms with Gasteiger partial charge >= 0.3 is 0 Å². The molecule has 0 atom stereocenters. The van der Waals surface area contributed by atoms with Crippen LogP contribution < -0.4 is 15.1 Å². The van der Waals surface area contributed by atoms with E-state index < -0.39 is 0 Å². The third-order valence-electron chi connectivity index (χ3n) is 3.71.